The van der Waals surface area contributed by atoms with Crippen LogP contribution in [0.15, 0.2) is 40.9 Å². The summed E-state index contributed by atoms with van der Waals surface area (Å²) in [6.07, 6.45) is 2.36. The summed E-state index contributed by atoms with van der Waals surface area (Å²) in [5.41, 5.74) is 1.67. The summed E-state index contributed by atoms with van der Waals surface area (Å²) in [4.78, 5) is 13.9. The number of nitrogens with zero attached hydrogens (tertiary/aromatic N) is 1. The lowest BCUT2D eigenvalue weighted by atomic mass is 9.91. The first-order valence-electron chi connectivity index (χ1n) is 9.11. The van der Waals surface area contributed by atoms with E-state index in [1.54, 1.807) is 26.4 Å². The molecule has 0 radical (unpaired) electrons. The molecule has 0 amide bonds. The first-order valence-corrected chi connectivity index (χ1v) is 9.91. The molecule has 2 aromatic carbocycles. The molecule has 2 aromatic rings. The van der Waals surface area contributed by atoms with Crippen molar-refractivity contribution in [2.24, 2.45) is 0 Å². The third kappa shape index (κ3) is 4.15. The highest BCUT2D eigenvalue weighted by Crippen LogP contribution is 2.42. The Morgan fingerprint density at radius 2 is 1.82 bits per heavy atom. The summed E-state index contributed by atoms with van der Waals surface area (Å²) in [6, 6.07) is 8.90. The first kappa shape index (κ1) is 20.6. The molecule has 2 atom stereocenters. The van der Waals surface area contributed by atoms with Gasteiger partial charge in [-0.2, -0.15) is 0 Å². The van der Waals surface area contributed by atoms with E-state index in [-0.39, 0.29) is 11.9 Å². The van der Waals surface area contributed by atoms with Gasteiger partial charge in [-0.25, -0.2) is 4.39 Å². The van der Waals surface area contributed by atoms with Crippen molar-refractivity contribution < 1.29 is 23.8 Å². The second kappa shape index (κ2) is 8.92. The number of carbonyl (C=O) groups is 1. The normalized spacial score (nSPS) is 18.5. The van der Waals surface area contributed by atoms with E-state index in [1.165, 1.54) is 12.1 Å². The molecule has 1 aliphatic heterocycles. The number of carboxylic acids is 1. The summed E-state index contributed by atoms with van der Waals surface area (Å²) >= 11 is 3.60. The number of aliphatic carboxylic acids is 1. The maximum atomic E-state index is 13.5. The molecule has 28 heavy (non-hydrogen) atoms. The largest absolute Gasteiger partial charge is 0.493 e. The summed E-state index contributed by atoms with van der Waals surface area (Å²) < 4.78 is 25.1. The molecule has 1 heterocycles. The molecule has 3 rings (SSSR count). The number of halogens is 2. The molecule has 0 bridgehead atoms. The van der Waals surface area contributed by atoms with E-state index in [0.717, 1.165) is 28.4 Å². The number of benzene rings is 2. The zero-order chi connectivity index (χ0) is 20.3. The number of piperidine rings is 1. The Morgan fingerprint density at radius 3 is 2.43 bits per heavy atom. The SMILES string of the molecule is COc1cc(Br)c(C(c2ccc(F)cc2)N2CCCCC2C(=O)O)cc1OC. The van der Waals surface area contributed by atoms with Crippen LogP contribution in [0.25, 0.3) is 0 Å². The first-order chi connectivity index (χ1) is 13.5. The fraction of sp³-hybridized carbons (Fsp3) is 0.381. The van der Waals surface area contributed by atoms with Crippen LogP contribution >= 0.6 is 15.9 Å². The van der Waals surface area contributed by atoms with Crippen LogP contribution < -0.4 is 9.47 Å². The second-order valence-electron chi connectivity index (χ2n) is 6.77. The minimum Gasteiger partial charge on any atom is -0.493 e. The average Bonchev–Trinajstić information content (AvgIpc) is 2.70. The van der Waals surface area contributed by atoms with E-state index in [2.05, 4.69) is 15.9 Å². The van der Waals surface area contributed by atoms with Gasteiger partial charge in [0, 0.05) is 4.47 Å². The van der Waals surface area contributed by atoms with E-state index in [1.807, 2.05) is 17.0 Å². The number of rotatable bonds is 6. The van der Waals surface area contributed by atoms with Crippen LogP contribution in [0.4, 0.5) is 4.39 Å². The van der Waals surface area contributed by atoms with Crippen molar-refractivity contribution in [1.82, 2.24) is 4.90 Å². The van der Waals surface area contributed by atoms with Crippen LogP contribution in [0.2, 0.25) is 0 Å². The van der Waals surface area contributed by atoms with Gasteiger partial charge in [0.15, 0.2) is 11.5 Å². The van der Waals surface area contributed by atoms with Gasteiger partial charge in [-0.3, -0.25) is 9.69 Å². The van der Waals surface area contributed by atoms with Gasteiger partial charge >= 0.3 is 5.97 Å². The monoisotopic (exact) mass is 451 g/mol. The van der Waals surface area contributed by atoms with Gasteiger partial charge in [0.05, 0.1) is 20.3 Å². The smallest absolute Gasteiger partial charge is 0.320 e. The average molecular weight is 452 g/mol. The summed E-state index contributed by atoms with van der Waals surface area (Å²) in [7, 11) is 3.12. The van der Waals surface area contributed by atoms with Crippen molar-refractivity contribution >= 4 is 21.9 Å². The molecule has 2 unspecified atom stereocenters. The Kier molecular flexibility index (Phi) is 6.57. The van der Waals surface area contributed by atoms with Crippen molar-refractivity contribution in [2.45, 2.75) is 31.3 Å². The topological polar surface area (TPSA) is 59.0 Å². The molecule has 1 saturated heterocycles. The molecular weight excluding hydrogens is 429 g/mol. The van der Waals surface area contributed by atoms with Gasteiger partial charge in [-0.15, -0.1) is 0 Å². The maximum absolute atomic E-state index is 13.5. The highest BCUT2D eigenvalue weighted by atomic mass is 79.9. The molecule has 1 aliphatic rings. The summed E-state index contributed by atoms with van der Waals surface area (Å²) in [5, 5.41) is 9.79. The van der Waals surface area contributed by atoms with E-state index < -0.39 is 12.0 Å². The van der Waals surface area contributed by atoms with Gasteiger partial charge in [0.2, 0.25) is 0 Å². The highest BCUT2D eigenvalue weighted by molar-refractivity contribution is 9.10. The van der Waals surface area contributed by atoms with Crippen LogP contribution in [0.1, 0.15) is 36.4 Å². The summed E-state index contributed by atoms with van der Waals surface area (Å²) in [6.45, 7) is 0.639. The number of ether oxygens (including phenoxy) is 2. The lowest BCUT2D eigenvalue weighted by molar-refractivity contribution is -0.145. The third-order valence-electron chi connectivity index (χ3n) is 5.14. The van der Waals surface area contributed by atoms with Crippen molar-refractivity contribution in [1.29, 1.82) is 0 Å². The molecule has 5 nitrogen and oxygen atoms in total. The summed E-state index contributed by atoms with van der Waals surface area (Å²) in [5.74, 6) is -0.0492. The van der Waals surface area contributed by atoms with Crippen molar-refractivity contribution in [3.8, 4) is 11.5 Å². The Hall–Kier alpha value is -2.12. The molecule has 150 valence electrons. The minimum atomic E-state index is -0.844. The number of methoxy groups -OCH3 is 2. The van der Waals surface area contributed by atoms with Crippen molar-refractivity contribution in [3.63, 3.8) is 0 Å². The third-order valence-corrected chi connectivity index (χ3v) is 5.83. The minimum absolute atomic E-state index is 0.331. The molecule has 1 N–H and O–H groups in total. The van der Waals surface area contributed by atoms with E-state index in [9.17, 15) is 14.3 Å². The van der Waals surface area contributed by atoms with Crippen molar-refractivity contribution in [2.75, 3.05) is 20.8 Å². The predicted octanol–water partition coefficient (Wildman–Crippen LogP) is 4.63. The van der Waals surface area contributed by atoms with Gasteiger partial charge in [0.25, 0.3) is 0 Å². The van der Waals surface area contributed by atoms with Gasteiger partial charge < -0.3 is 14.6 Å². The quantitative estimate of drug-likeness (QED) is 0.693. The zero-order valence-corrected chi connectivity index (χ0v) is 17.4. The molecule has 1 fully saturated rings. The van der Waals surface area contributed by atoms with Crippen LogP contribution in [-0.2, 0) is 4.79 Å². The Bertz CT molecular complexity index is 843. The number of carboxylic acid groups (broad SMARTS) is 1. The van der Waals surface area contributed by atoms with Gasteiger partial charge in [0.1, 0.15) is 11.9 Å². The maximum Gasteiger partial charge on any atom is 0.320 e. The standard InChI is InChI=1S/C21H23BrFNO4/c1-27-18-11-15(16(22)12-19(18)28-2)20(13-6-8-14(23)9-7-13)24-10-4-3-5-17(24)21(25)26/h6-9,11-12,17,20H,3-5,10H2,1-2H3,(H,25,26). The number of hydrogen-bond acceptors (Lipinski definition) is 4. The van der Waals surface area contributed by atoms with Crippen LogP contribution in [0.3, 0.4) is 0 Å². The van der Waals surface area contributed by atoms with Gasteiger partial charge in [-0.1, -0.05) is 34.5 Å². The number of likely N-dealkylation sites (tertiary alicyclic amines) is 1. The van der Waals surface area contributed by atoms with Crippen LogP contribution in [-0.4, -0.2) is 42.8 Å². The highest BCUT2D eigenvalue weighted by Gasteiger charge is 2.36. The lowest BCUT2D eigenvalue weighted by Gasteiger charge is -2.40. The number of hydrogen-bond donors (Lipinski definition) is 1. The van der Waals surface area contributed by atoms with Crippen LogP contribution in [0, 0.1) is 5.82 Å². The van der Waals surface area contributed by atoms with E-state index in [0.29, 0.717) is 24.5 Å². The van der Waals surface area contributed by atoms with E-state index in [4.69, 9.17) is 9.47 Å². The molecule has 0 aliphatic carbocycles. The molecule has 0 spiro atoms. The van der Waals surface area contributed by atoms with Crippen LogP contribution in [0.5, 0.6) is 11.5 Å². The predicted molar refractivity (Wildman–Crippen MR) is 107 cm³/mol. The van der Waals surface area contributed by atoms with Gasteiger partial charge in [-0.05, 0) is 54.8 Å². The molecule has 7 heteroatoms. The Balaban J connectivity index is 2.16. The zero-order valence-electron chi connectivity index (χ0n) is 15.8. The van der Waals surface area contributed by atoms with E-state index >= 15 is 0 Å². The van der Waals surface area contributed by atoms with Crippen molar-refractivity contribution in [3.05, 3.63) is 57.8 Å². The fourth-order valence-corrected chi connectivity index (χ4v) is 4.34. The molecule has 0 saturated carbocycles. The Labute approximate surface area is 172 Å². The fourth-order valence-electron chi connectivity index (χ4n) is 3.80. The molecule has 0 aromatic heterocycles. The lowest BCUT2D eigenvalue weighted by Crippen LogP contribution is -2.46. The Morgan fingerprint density at radius 1 is 1.18 bits per heavy atom. The molecular formula is C21H23BrFNO4. The second-order valence-corrected chi connectivity index (χ2v) is 7.62.